The van der Waals surface area contributed by atoms with Gasteiger partial charge >= 0.3 is 11.9 Å². The van der Waals surface area contributed by atoms with Crippen LogP contribution in [0.1, 0.15) is 6.92 Å². The standard InChI is InChI=1S/C18H18ClNO5/c1-4-25-16-13(19)9-7-10-14(16)20-11-6-5-8-12(17(21)23-2)15(20)18(22)24-3/h5-11H,4H2,1-3H3. The van der Waals surface area contributed by atoms with Gasteiger partial charge in [0.05, 0.1) is 37.1 Å². The van der Waals surface area contributed by atoms with E-state index in [1.54, 1.807) is 36.6 Å². The molecule has 1 aliphatic heterocycles. The average molecular weight is 364 g/mol. The van der Waals surface area contributed by atoms with Crippen LogP contribution < -0.4 is 9.64 Å². The van der Waals surface area contributed by atoms with Crippen molar-refractivity contribution in [1.82, 2.24) is 0 Å². The number of carbonyl (C=O) groups excluding carboxylic acids is 2. The number of para-hydroxylation sites is 1. The molecule has 0 aliphatic carbocycles. The molecule has 25 heavy (non-hydrogen) atoms. The van der Waals surface area contributed by atoms with Crippen molar-refractivity contribution in [1.29, 1.82) is 0 Å². The van der Waals surface area contributed by atoms with Crippen LogP contribution in [0.4, 0.5) is 5.69 Å². The third-order valence-corrected chi connectivity index (χ3v) is 3.68. The minimum Gasteiger partial charge on any atom is -0.490 e. The van der Waals surface area contributed by atoms with Gasteiger partial charge in [-0.25, -0.2) is 9.59 Å². The Hall–Kier alpha value is -2.73. The van der Waals surface area contributed by atoms with E-state index in [2.05, 4.69) is 0 Å². The Labute approximate surface area is 150 Å². The van der Waals surface area contributed by atoms with E-state index in [-0.39, 0.29) is 11.3 Å². The van der Waals surface area contributed by atoms with Gasteiger partial charge in [0, 0.05) is 6.20 Å². The Kier molecular flexibility index (Phi) is 6.25. The molecule has 0 N–H and O–H groups in total. The Morgan fingerprint density at radius 1 is 1.12 bits per heavy atom. The zero-order valence-electron chi connectivity index (χ0n) is 14.1. The highest BCUT2D eigenvalue weighted by molar-refractivity contribution is 6.32. The van der Waals surface area contributed by atoms with Crippen LogP contribution in [0.5, 0.6) is 5.75 Å². The number of anilines is 1. The van der Waals surface area contributed by atoms with Crippen molar-refractivity contribution in [2.75, 3.05) is 25.7 Å². The Morgan fingerprint density at radius 2 is 1.84 bits per heavy atom. The molecule has 1 heterocycles. The van der Waals surface area contributed by atoms with Crippen LogP contribution in [0.25, 0.3) is 0 Å². The number of allylic oxidation sites excluding steroid dienone is 2. The predicted octanol–water partition coefficient (Wildman–Crippen LogP) is 3.23. The summed E-state index contributed by atoms with van der Waals surface area (Å²) in [5, 5.41) is 0.383. The van der Waals surface area contributed by atoms with E-state index in [0.29, 0.717) is 23.1 Å². The largest absolute Gasteiger partial charge is 0.490 e. The second-order valence-corrected chi connectivity index (χ2v) is 5.24. The number of hydrogen-bond acceptors (Lipinski definition) is 6. The molecule has 0 bridgehead atoms. The molecule has 0 spiro atoms. The summed E-state index contributed by atoms with van der Waals surface area (Å²) in [6.07, 6.45) is 6.40. The van der Waals surface area contributed by atoms with E-state index >= 15 is 0 Å². The molecule has 0 aromatic heterocycles. The fourth-order valence-corrected chi connectivity index (χ4v) is 2.55. The number of hydrogen-bond donors (Lipinski definition) is 0. The van der Waals surface area contributed by atoms with Crippen molar-refractivity contribution in [3.8, 4) is 5.75 Å². The summed E-state index contributed by atoms with van der Waals surface area (Å²) in [4.78, 5) is 26.1. The molecule has 0 unspecified atom stereocenters. The molecule has 0 amide bonds. The number of nitrogens with zero attached hydrogens (tertiary/aromatic N) is 1. The minimum absolute atomic E-state index is 0.00238. The van der Waals surface area contributed by atoms with E-state index in [1.165, 1.54) is 25.2 Å². The van der Waals surface area contributed by atoms with Gasteiger partial charge in [0.2, 0.25) is 0 Å². The first kappa shape index (κ1) is 18.6. The van der Waals surface area contributed by atoms with Gasteiger partial charge in [-0.3, -0.25) is 0 Å². The lowest BCUT2D eigenvalue weighted by Gasteiger charge is -2.25. The average Bonchev–Trinajstić information content (AvgIpc) is 2.85. The summed E-state index contributed by atoms with van der Waals surface area (Å²) in [7, 11) is 2.48. The minimum atomic E-state index is -0.695. The molecule has 1 aliphatic rings. The van der Waals surface area contributed by atoms with E-state index < -0.39 is 11.9 Å². The van der Waals surface area contributed by atoms with Crippen LogP contribution in [0.15, 0.2) is 53.9 Å². The maximum absolute atomic E-state index is 12.4. The third-order valence-electron chi connectivity index (χ3n) is 3.38. The highest BCUT2D eigenvalue weighted by atomic mass is 35.5. The number of halogens is 1. The molecule has 0 radical (unpaired) electrons. The van der Waals surface area contributed by atoms with Crippen molar-refractivity contribution >= 4 is 29.2 Å². The SMILES string of the molecule is CCOc1c(Cl)cccc1N1C=CC=CC(C(=O)OC)=C1C(=O)OC. The monoisotopic (exact) mass is 363 g/mol. The zero-order chi connectivity index (χ0) is 18.4. The lowest BCUT2D eigenvalue weighted by atomic mass is 10.1. The topological polar surface area (TPSA) is 65.1 Å². The molecular weight excluding hydrogens is 346 g/mol. The highest BCUT2D eigenvalue weighted by Gasteiger charge is 2.29. The zero-order valence-corrected chi connectivity index (χ0v) is 14.9. The highest BCUT2D eigenvalue weighted by Crippen LogP contribution is 2.38. The summed E-state index contributed by atoms with van der Waals surface area (Å²) in [6.45, 7) is 2.21. The summed E-state index contributed by atoms with van der Waals surface area (Å²) < 4.78 is 15.3. The summed E-state index contributed by atoms with van der Waals surface area (Å²) in [6, 6.07) is 5.13. The smallest absolute Gasteiger partial charge is 0.355 e. The molecule has 6 nitrogen and oxygen atoms in total. The van der Waals surface area contributed by atoms with Crippen LogP contribution in [-0.4, -0.2) is 32.8 Å². The maximum Gasteiger partial charge on any atom is 0.355 e. The molecule has 132 valence electrons. The number of rotatable bonds is 5. The Balaban J connectivity index is 2.72. The van der Waals surface area contributed by atoms with E-state index in [4.69, 9.17) is 25.8 Å². The lowest BCUT2D eigenvalue weighted by molar-refractivity contribution is -0.139. The van der Waals surface area contributed by atoms with Gasteiger partial charge in [-0.1, -0.05) is 23.7 Å². The molecule has 0 atom stereocenters. The van der Waals surface area contributed by atoms with Crippen LogP contribution >= 0.6 is 11.6 Å². The fraction of sp³-hybridized carbons (Fsp3) is 0.222. The van der Waals surface area contributed by atoms with Gasteiger partial charge in [0.25, 0.3) is 0 Å². The molecule has 2 rings (SSSR count). The normalized spacial score (nSPS) is 13.5. The Bertz CT molecular complexity index is 767. The number of ether oxygens (including phenoxy) is 3. The maximum atomic E-state index is 12.4. The molecule has 7 heteroatoms. The summed E-state index contributed by atoms with van der Waals surface area (Å²) >= 11 is 6.24. The number of carbonyl (C=O) groups is 2. The van der Waals surface area contributed by atoms with Crippen LogP contribution in [-0.2, 0) is 19.1 Å². The number of esters is 2. The van der Waals surface area contributed by atoms with Gasteiger partial charge in [0.15, 0.2) is 5.75 Å². The van der Waals surface area contributed by atoms with Gasteiger partial charge in [-0.2, -0.15) is 0 Å². The summed E-state index contributed by atoms with van der Waals surface area (Å²) in [5.74, 6) is -0.965. The second kappa shape index (κ2) is 8.39. The number of benzene rings is 1. The first-order chi connectivity index (χ1) is 12.0. The molecule has 0 saturated heterocycles. The van der Waals surface area contributed by atoms with Crippen molar-refractivity contribution in [3.05, 3.63) is 58.9 Å². The van der Waals surface area contributed by atoms with Gasteiger partial charge in [0.1, 0.15) is 5.70 Å². The van der Waals surface area contributed by atoms with E-state index in [1.807, 2.05) is 6.92 Å². The van der Waals surface area contributed by atoms with Crippen LogP contribution in [0.3, 0.4) is 0 Å². The van der Waals surface area contributed by atoms with Gasteiger partial charge in [-0.15, -0.1) is 0 Å². The predicted molar refractivity (Wildman–Crippen MR) is 94.4 cm³/mol. The van der Waals surface area contributed by atoms with Crippen molar-refractivity contribution in [3.63, 3.8) is 0 Å². The van der Waals surface area contributed by atoms with Crippen molar-refractivity contribution < 1.29 is 23.8 Å². The first-order valence-electron chi connectivity index (χ1n) is 7.51. The van der Waals surface area contributed by atoms with Crippen LogP contribution in [0, 0.1) is 0 Å². The quantitative estimate of drug-likeness (QED) is 0.748. The first-order valence-corrected chi connectivity index (χ1v) is 7.89. The second-order valence-electron chi connectivity index (χ2n) is 4.84. The molecule has 0 saturated carbocycles. The van der Waals surface area contributed by atoms with Crippen molar-refractivity contribution in [2.24, 2.45) is 0 Å². The van der Waals surface area contributed by atoms with Crippen molar-refractivity contribution in [2.45, 2.75) is 6.92 Å². The third kappa shape index (κ3) is 3.85. The lowest BCUT2D eigenvalue weighted by Crippen LogP contribution is -2.27. The summed E-state index contributed by atoms with van der Waals surface area (Å²) in [5.41, 5.74) is 0.556. The fourth-order valence-electron chi connectivity index (χ4n) is 2.33. The molecule has 1 aromatic carbocycles. The van der Waals surface area contributed by atoms with Gasteiger partial charge < -0.3 is 19.1 Å². The van der Waals surface area contributed by atoms with Gasteiger partial charge in [-0.05, 0) is 31.2 Å². The molecular formula is C18H18ClNO5. The van der Waals surface area contributed by atoms with E-state index in [0.717, 1.165) is 0 Å². The molecule has 0 fully saturated rings. The van der Waals surface area contributed by atoms with E-state index in [9.17, 15) is 9.59 Å². The molecule has 1 aromatic rings. The number of methoxy groups -OCH3 is 2. The van der Waals surface area contributed by atoms with Crippen LogP contribution in [0.2, 0.25) is 5.02 Å². The Morgan fingerprint density at radius 3 is 2.48 bits per heavy atom.